The number of hydrogen-bond donors (Lipinski definition) is 1. The van der Waals surface area contributed by atoms with Gasteiger partial charge in [-0.25, -0.2) is 4.79 Å². The van der Waals surface area contributed by atoms with Crippen LogP contribution < -0.4 is 9.47 Å². The van der Waals surface area contributed by atoms with E-state index in [9.17, 15) is 23.1 Å². The summed E-state index contributed by atoms with van der Waals surface area (Å²) in [4.78, 5) is 11.9. The van der Waals surface area contributed by atoms with Gasteiger partial charge in [-0.2, -0.15) is 13.2 Å². The molecule has 0 amide bonds. The molecule has 9 heteroatoms. The summed E-state index contributed by atoms with van der Waals surface area (Å²) in [5.74, 6) is -3.80. The molecule has 0 radical (unpaired) electrons. The highest BCUT2D eigenvalue weighted by molar-refractivity contribution is 6.32. The van der Waals surface area contributed by atoms with Gasteiger partial charge in [0, 0.05) is 19.9 Å². The summed E-state index contributed by atoms with van der Waals surface area (Å²) >= 11 is 5.70. The number of carbonyl (C=O) groups is 1. The summed E-state index contributed by atoms with van der Waals surface area (Å²) in [5.41, 5.74) is -0.444. The lowest BCUT2D eigenvalue weighted by Crippen LogP contribution is -2.39. The average Bonchev–Trinajstić information content (AvgIpc) is 2.29. The van der Waals surface area contributed by atoms with Gasteiger partial charge >= 0.3 is 12.1 Å². The van der Waals surface area contributed by atoms with Gasteiger partial charge in [-0.15, -0.1) is 0 Å². The van der Waals surface area contributed by atoms with Gasteiger partial charge in [-0.05, 0) is 0 Å². The highest BCUT2D eigenvalue weighted by Gasteiger charge is 2.40. The fraction of sp³-hybridized carbons (Fsp3) is 0.417. The molecule has 1 aliphatic rings. The third kappa shape index (κ3) is 3.26. The van der Waals surface area contributed by atoms with Crippen LogP contribution in [0.4, 0.5) is 13.2 Å². The number of fused-ring (bicyclic) bond motifs is 1. The molecule has 0 aliphatic carbocycles. The third-order valence-electron chi connectivity index (χ3n) is 2.45. The number of phenols is 1. The molecule has 5 nitrogen and oxygen atoms in total. The SMILES string of the molecule is CC1(C)OC(=O)c2c(OCC(F)(F)F)cc(Cl)c(O)c2O1. The number of cyclic esters (lactones) is 1. The summed E-state index contributed by atoms with van der Waals surface area (Å²) in [6, 6.07) is 0.893. The maximum atomic E-state index is 12.2. The molecular weight excluding hydrogens is 317 g/mol. The Morgan fingerprint density at radius 2 is 2.00 bits per heavy atom. The van der Waals surface area contributed by atoms with Crippen molar-refractivity contribution >= 4 is 17.6 Å². The molecule has 1 aromatic carbocycles. The number of halogens is 4. The molecule has 0 bridgehead atoms. The molecule has 1 N–H and O–H groups in total. The number of ether oxygens (including phenoxy) is 3. The minimum absolute atomic E-state index is 0.309. The molecule has 1 aliphatic heterocycles. The largest absolute Gasteiger partial charge is 0.503 e. The molecule has 0 unspecified atom stereocenters. The molecule has 0 fully saturated rings. The first kappa shape index (κ1) is 15.6. The fourth-order valence-corrected chi connectivity index (χ4v) is 1.89. The van der Waals surface area contributed by atoms with Crippen LogP contribution in [0.15, 0.2) is 6.07 Å². The van der Waals surface area contributed by atoms with E-state index in [2.05, 4.69) is 4.74 Å². The summed E-state index contributed by atoms with van der Waals surface area (Å²) in [6.07, 6.45) is -4.60. The van der Waals surface area contributed by atoms with E-state index in [4.69, 9.17) is 21.1 Å². The summed E-state index contributed by atoms with van der Waals surface area (Å²) in [7, 11) is 0. The second-order valence-electron chi connectivity index (χ2n) is 4.70. The first-order valence-corrected chi connectivity index (χ1v) is 6.05. The maximum absolute atomic E-state index is 12.2. The first-order valence-electron chi connectivity index (χ1n) is 5.67. The van der Waals surface area contributed by atoms with Crippen LogP contribution in [0.25, 0.3) is 0 Å². The smallest absolute Gasteiger partial charge is 0.422 e. The number of phenolic OH excluding ortho intramolecular Hbond substituents is 1. The van der Waals surface area contributed by atoms with E-state index in [1.165, 1.54) is 13.8 Å². The van der Waals surface area contributed by atoms with E-state index in [1.807, 2.05) is 0 Å². The van der Waals surface area contributed by atoms with Crippen LogP contribution in [0.2, 0.25) is 5.02 Å². The quantitative estimate of drug-likeness (QED) is 0.845. The minimum Gasteiger partial charge on any atom is -0.503 e. The molecule has 116 valence electrons. The van der Waals surface area contributed by atoms with Crippen molar-refractivity contribution in [2.75, 3.05) is 6.61 Å². The monoisotopic (exact) mass is 326 g/mol. The van der Waals surface area contributed by atoms with Crippen molar-refractivity contribution in [2.24, 2.45) is 0 Å². The normalized spacial score (nSPS) is 16.8. The Balaban J connectivity index is 2.49. The van der Waals surface area contributed by atoms with Crippen LogP contribution in [0.1, 0.15) is 24.2 Å². The number of esters is 1. The van der Waals surface area contributed by atoms with Crippen LogP contribution in [0.5, 0.6) is 17.2 Å². The number of benzene rings is 1. The Labute approximate surface area is 122 Å². The number of hydrogen-bond acceptors (Lipinski definition) is 5. The predicted molar refractivity (Wildman–Crippen MR) is 64.8 cm³/mol. The van der Waals surface area contributed by atoms with Gasteiger partial charge in [0.2, 0.25) is 5.79 Å². The maximum Gasteiger partial charge on any atom is 0.422 e. The van der Waals surface area contributed by atoms with Crippen LogP contribution in [0.3, 0.4) is 0 Å². The van der Waals surface area contributed by atoms with E-state index in [0.717, 1.165) is 6.07 Å². The van der Waals surface area contributed by atoms with Gasteiger partial charge in [0.05, 0.1) is 5.02 Å². The molecule has 1 heterocycles. The van der Waals surface area contributed by atoms with Crippen LogP contribution in [-0.2, 0) is 4.74 Å². The molecule has 0 spiro atoms. The van der Waals surface area contributed by atoms with Gasteiger partial charge in [-0.1, -0.05) is 11.6 Å². The van der Waals surface area contributed by atoms with Crippen molar-refractivity contribution in [1.82, 2.24) is 0 Å². The molecule has 0 aromatic heterocycles. The summed E-state index contributed by atoms with van der Waals surface area (Å²) in [6.45, 7) is 1.16. The van der Waals surface area contributed by atoms with Gasteiger partial charge in [-0.3, -0.25) is 0 Å². The van der Waals surface area contributed by atoms with E-state index in [-0.39, 0.29) is 10.8 Å². The molecule has 21 heavy (non-hydrogen) atoms. The average molecular weight is 327 g/mol. The fourth-order valence-electron chi connectivity index (χ4n) is 1.70. The van der Waals surface area contributed by atoms with Crippen LogP contribution >= 0.6 is 11.6 Å². The van der Waals surface area contributed by atoms with Crippen molar-refractivity contribution in [1.29, 1.82) is 0 Å². The Kier molecular flexibility index (Phi) is 3.61. The Hall–Kier alpha value is -1.83. The number of rotatable bonds is 2. The van der Waals surface area contributed by atoms with Crippen molar-refractivity contribution in [3.8, 4) is 17.2 Å². The standard InChI is InChI=1S/C12H10ClF3O5/c1-11(2)20-9-7(10(18)21-11)6(3-5(13)8(9)17)19-4-12(14,15)16/h3,17H,4H2,1-2H3. The van der Waals surface area contributed by atoms with Crippen molar-refractivity contribution in [3.63, 3.8) is 0 Å². The van der Waals surface area contributed by atoms with Crippen molar-refractivity contribution in [3.05, 3.63) is 16.7 Å². The predicted octanol–water partition coefficient (Wildman–Crippen LogP) is 3.27. The zero-order valence-electron chi connectivity index (χ0n) is 10.9. The number of carbonyl (C=O) groups excluding carboxylic acids is 1. The van der Waals surface area contributed by atoms with Gasteiger partial charge in [0.1, 0.15) is 11.3 Å². The van der Waals surface area contributed by atoms with Gasteiger partial charge < -0.3 is 19.3 Å². The first-order chi connectivity index (χ1) is 9.50. The molecule has 0 saturated carbocycles. The zero-order valence-corrected chi connectivity index (χ0v) is 11.6. The molecule has 0 atom stereocenters. The van der Waals surface area contributed by atoms with Crippen LogP contribution in [-0.4, -0.2) is 29.6 Å². The van der Waals surface area contributed by atoms with Crippen molar-refractivity contribution in [2.45, 2.75) is 25.8 Å². The second kappa shape index (κ2) is 4.87. The zero-order chi connectivity index (χ0) is 16.0. The second-order valence-corrected chi connectivity index (χ2v) is 5.11. The Morgan fingerprint density at radius 1 is 1.38 bits per heavy atom. The topological polar surface area (TPSA) is 65.0 Å². The van der Waals surface area contributed by atoms with Crippen molar-refractivity contribution < 1.29 is 37.3 Å². The summed E-state index contributed by atoms with van der Waals surface area (Å²) < 4.78 is 51.3. The van der Waals surface area contributed by atoms with E-state index in [1.54, 1.807) is 0 Å². The van der Waals surface area contributed by atoms with E-state index < -0.39 is 41.6 Å². The molecule has 0 saturated heterocycles. The lowest BCUT2D eigenvalue weighted by Gasteiger charge is -2.32. The Morgan fingerprint density at radius 3 is 2.57 bits per heavy atom. The van der Waals surface area contributed by atoms with Gasteiger partial charge in [0.25, 0.3) is 0 Å². The number of aromatic hydroxyl groups is 1. The molecule has 1 aromatic rings. The Bertz CT molecular complexity index is 598. The lowest BCUT2D eigenvalue weighted by atomic mass is 10.1. The third-order valence-corrected chi connectivity index (χ3v) is 2.74. The summed E-state index contributed by atoms with van der Waals surface area (Å²) in [5, 5.41) is 9.49. The lowest BCUT2D eigenvalue weighted by molar-refractivity contribution is -0.154. The number of alkyl halides is 3. The van der Waals surface area contributed by atoms with E-state index in [0.29, 0.717) is 0 Å². The highest BCUT2D eigenvalue weighted by atomic mass is 35.5. The highest BCUT2D eigenvalue weighted by Crippen LogP contribution is 2.47. The molecular formula is C12H10ClF3O5. The molecule has 2 rings (SSSR count). The van der Waals surface area contributed by atoms with E-state index >= 15 is 0 Å². The van der Waals surface area contributed by atoms with Crippen LogP contribution in [0, 0.1) is 0 Å². The van der Waals surface area contributed by atoms with Gasteiger partial charge in [0.15, 0.2) is 18.1 Å². The minimum atomic E-state index is -4.60.